The number of nitrogens with zero attached hydrogens (tertiary/aromatic N) is 1. The van der Waals surface area contributed by atoms with Crippen molar-refractivity contribution in [2.45, 2.75) is 13.0 Å². The monoisotopic (exact) mass is 220 g/mol. The zero-order valence-corrected chi connectivity index (χ0v) is 9.86. The number of hydrogen-bond acceptors (Lipinski definition) is 3. The SMILES string of the molecule is CN1CC(CCOc2ccccc2CN)C1. The van der Waals surface area contributed by atoms with Crippen molar-refractivity contribution in [2.75, 3.05) is 26.7 Å². The van der Waals surface area contributed by atoms with Gasteiger partial charge in [-0.05, 0) is 25.5 Å². The molecule has 0 spiro atoms. The molecule has 1 saturated heterocycles. The highest BCUT2D eigenvalue weighted by Gasteiger charge is 2.22. The number of rotatable bonds is 5. The van der Waals surface area contributed by atoms with Crippen LogP contribution in [-0.4, -0.2) is 31.6 Å². The van der Waals surface area contributed by atoms with Gasteiger partial charge in [-0.25, -0.2) is 0 Å². The fraction of sp³-hybridized carbons (Fsp3) is 0.538. The maximum absolute atomic E-state index is 5.77. The molecule has 88 valence electrons. The van der Waals surface area contributed by atoms with Crippen molar-refractivity contribution in [3.05, 3.63) is 29.8 Å². The molecule has 0 aliphatic carbocycles. The molecule has 0 unspecified atom stereocenters. The molecule has 1 heterocycles. The van der Waals surface area contributed by atoms with E-state index in [0.717, 1.165) is 30.3 Å². The summed E-state index contributed by atoms with van der Waals surface area (Å²) < 4.78 is 5.77. The molecule has 1 aromatic carbocycles. The average Bonchev–Trinajstić information content (AvgIpc) is 2.27. The molecule has 0 bridgehead atoms. The van der Waals surface area contributed by atoms with Gasteiger partial charge in [-0.3, -0.25) is 0 Å². The number of nitrogens with two attached hydrogens (primary N) is 1. The lowest BCUT2D eigenvalue weighted by atomic mass is 9.98. The molecule has 0 amide bonds. The molecule has 1 aliphatic heterocycles. The van der Waals surface area contributed by atoms with Gasteiger partial charge in [0.25, 0.3) is 0 Å². The molecule has 2 N–H and O–H groups in total. The van der Waals surface area contributed by atoms with Gasteiger partial charge in [-0.2, -0.15) is 0 Å². The zero-order valence-electron chi connectivity index (χ0n) is 9.86. The average molecular weight is 220 g/mol. The molecule has 0 atom stereocenters. The first-order valence-electron chi connectivity index (χ1n) is 5.89. The Morgan fingerprint density at radius 1 is 1.38 bits per heavy atom. The maximum Gasteiger partial charge on any atom is 0.123 e. The molecule has 0 radical (unpaired) electrons. The number of ether oxygens (including phenoxy) is 1. The lowest BCUT2D eigenvalue weighted by Crippen LogP contribution is -2.44. The van der Waals surface area contributed by atoms with Crippen LogP contribution in [0.1, 0.15) is 12.0 Å². The molecule has 3 heteroatoms. The molecule has 3 nitrogen and oxygen atoms in total. The van der Waals surface area contributed by atoms with Gasteiger partial charge in [0, 0.05) is 25.2 Å². The van der Waals surface area contributed by atoms with Crippen LogP contribution in [0.15, 0.2) is 24.3 Å². The highest BCUT2D eigenvalue weighted by atomic mass is 16.5. The van der Waals surface area contributed by atoms with E-state index in [0.29, 0.717) is 6.54 Å². The predicted octanol–water partition coefficient (Wildman–Crippen LogP) is 1.48. The van der Waals surface area contributed by atoms with Crippen LogP contribution < -0.4 is 10.5 Å². The normalized spacial score (nSPS) is 17.1. The van der Waals surface area contributed by atoms with Crippen molar-refractivity contribution >= 4 is 0 Å². The Hall–Kier alpha value is -1.06. The summed E-state index contributed by atoms with van der Waals surface area (Å²) in [5, 5.41) is 0. The molecule has 0 aromatic heterocycles. The fourth-order valence-corrected chi connectivity index (χ4v) is 2.16. The van der Waals surface area contributed by atoms with E-state index in [1.165, 1.54) is 13.1 Å². The summed E-state index contributed by atoms with van der Waals surface area (Å²) in [4.78, 5) is 2.33. The number of hydrogen-bond donors (Lipinski definition) is 1. The molecule has 0 saturated carbocycles. The second-order valence-electron chi connectivity index (χ2n) is 4.54. The van der Waals surface area contributed by atoms with Crippen molar-refractivity contribution in [1.82, 2.24) is 4.90 Å². The Morgan fingerprint density at radius 2 is 2.12 bits per heavy atom. The standard InChI is InChI=1S/C13H20N2O/c1-15-9-11(10-15)6-7-16-13-5-3-2-4-12(13)8-14/h2-5,11H,6-10,14H2,1H3. The first-order chi connectivity index (χ1) is 7.79. The fourth-order valence-electron chi connectivity index (χ4n) is 2.16. The summed E-state index contributed by atoms with van der Waals surface area (Å²) in [6, 6.07) is 8.00. The van der Waals surface area contributed by atoms with E-state index in [1.54, 1.807) is 0 Å². The molecular weight excluding hydrogens is 200 g/mol. The largest absolute Gasteiger partial charge is 0.493 e. The van der Waals surface area contributed by atoms with Crippen LogP contribution in [0.3, 0.4) is 0 Å². The Balaban J connectivity index is 1.76. The lowest BCUT2D eigenvalue weighted by molar-refractivity contribution is 0.110. The lowest BCUT2D eigenvalue weighted by Gasteiger charge is -2.36. The van der Waals surface area contributed by atoms with Crippen molar-refractivity contribution in [3.63, 3.8) is 0 Å². The Bertz CT molecular complexity index is 334. The summed E-state index contributed by atoms with van der Waals surface area (Å²) in [5.41, 5.74) is 6.74. The van der Waals surface area contributed by atoms with Crippen molar-refractivity contribution in [3.8, 4) is 5.75 Å². The zero-order chi connectivity index (χ0) is 11.4. The van der Waals surface area contributed by atoms with E-state index in [4.69, 9.17) is 10.5 Å². The van der Waals surface area contributed by atoms with E-state index >= 15 is 0 Å². The number of likely N-dealkylation sites (tertiary alicyclic amines) is 1. The van der Waals surface area contributed by atoms with E-state index in [9.17, 15) is 0 Å². The number of benzene rings is 1. The van der Waals surface area contributed by atoms with E-state index in [-0.39, 0.29) is 0 Å². The summed E-state index contributed by atoms with van der Waals surface area (Å²) in [7, 11) is 2.15. The van der Waals surface area contributed by atoms with Gasteiger partial charge in [0.05, 0.1) is 6.61 Å². The second kappa shape index (κ2) is 5.32. The van der Waals surface area contributed by atoms with Crippen molar-refractivity contribution in [2.24, 2.45) is 11.7 Å². The van der Waals surface area contributed by atoms with Gasteiger partial charge in [-0.15, -0.1) is 0 Å². The predicted molar refractivity (Wildman–Crippen MR) is 65.4 cm³/mol. The van der Waals surface area contributed by atoms with Crippen LogP contribution in [0.2, 0.25) is 0 Å². The molecular formula is C13H20N2O. The highest BCUT2D eigenvalue weighted by Crippen LogP contribution is 2.20. The summed E-state index contributed by atoms with van der Waals surface area (Å²) in [6.07, 6.45) is 1.14. The molecule has 1 aromatic rings. The van der Waals surface area contributed by atoms with Gasteiger partial charge in [0.15, 0.2) is 0 Å². The van der Waals surface area contributed by atoms with Crippen LogP contribution in [0.4, 0.5) is 0 Å². The summed E-state index contributed by atoms with van der Waals surface area (Å²) >= 11 is 0. The van der Waals surface area contributed by atoms with E-state index in [1.807, 2.05) is 24.3 Å². The van der Waals surface area contributed by atoms with Gasteiger partial charge >= 0.3 is 0 Å². The van der Waals surface area contributed by atoms with Crippen LogP contribution in [0.5, 0.6) is 5.75 Å². The topological polar surface area (TPSA) is 38.5 Å². The van der Waals surface area contributed by atoms with Gasteiger partial charge in [0.2, 0.25) is 0 Å². The first-order valence-corrected chi connectivity index (χ1v) is 5.89. The van der Waals surface area contributed by atoms with Crippen molar-refractivity contribution in [1.29, 1.82) is 0 Å². The third kappa shape index (κ3) is 2.74. The quantitative estimate of drug-likeness (QED) is 0.816. The molecule has 1 fully saturated rings. The minimum absolute atomic E-state index is 0.544. The Labute approximate surface area is 97.2 Å². The number of para-hydroxylation sites is 1. The van der Waals surface area contributed by atoms with Crippen molar-refractivity contribution < 1.29 is 4.74 Å². The minimum Gasteiger partial charge on any atom is -0.493 e. The third-order valence-electron chi connectivity index (χ3n) is 3.12. The third-order valence-corrected chi connectivity index (χ3v) is 3.12. The van der Waals surface area contributed by atoms with Crippen LogP contribution in [0, 0.1) is 5.92 Å². The van der Waals surface area contributed by atoms with Gasteiger partial charge in [0.1, 0.15) is 5.75 Å². The van der Waals surface area contributed by atoms with Gasteiger partial charge < -0.3 is 15.4 Å². The van der Waals surface area contributed by atoms with Gasteiger partial charge in [-0.1, -0.05) is 18.2 Å². The molecule has 16 heavy (non-hydrogen) atoms. The highest BCUT2D eigenvalue weighted by molar-refractivity contribution is 5.32. The van der Waals surface area contributed by atoms with E-state index < -0.39 is 0 Å². The smallest absolute Gasteiger partial charge is 0.123 e. The van der Waals surface area contributed by atoms with Crippen LogP contribution in [-0.2, 0) is 6.54 Å². The van der Waals surface area contributed by atoms with Crippen LogP contribution in [0.25, 0.3) is 0 Å². The minimum atomic E-state index is 0.544. The van der Waals surface area contributed by atoms with E-state index in [2.05, 4.69) is 11.9 Å². The molecule has 1 aliphatic rings. The maximum atomic E-state index is 5.77. The molecule has 2 rings (SSSR count). The second-order valence-corrected chi connectivity index (χ2v) is 4.54. The van der Waals surface area contributed by atoms with Crippen LogP contribution >= 0.6 is 0 Å². The first kappa shape index (κ1) is 11.4. The Morgan fingerprint density at radius 3 is 2.81 bits per heavy atom. The summed E-state index contributed by atoms with van der Waals surface area (Å²) in [5.74, 6) is 1.76. The Kier molecular flexibility index (Phi) is 3.80. The summed E-state index contributed by atoms with van der Waals surface area (Å²) in [6.45, 7) is 3.77.